The first kappa shape index (κ1) is 22.5. The van der Waals surface area contributed by atoms with Crippen molar-refractivity contribution < 1.29 is 19.5 Å². The largest absolute Gasteiger partial charge is 0.444 e. The summed E-state index contributed by atoms with van der Waals surface area (Å²) in [5.74, 6) is -0.0991. The molecule has 0 aliphatic carbocycles. The van der Waals surface area contributed by atoms with Crippen LogP contribution in [0.25, 0.3) is 0 Å². The third-order valence-electron chi connectivity index (χ3n) is 6.64. The molecule has 0 spiro atoms. The van der Waals surface area contributed by atoms with Gasteiger partial charge in [-0.15, -0.1) is 0 Å². The van der Waals surface area contributed by atoms with Gasteiger partial charge in [0, 0.05) is 86.3 Å². The van der Waals surface area contributed by atoms with E-state index in [1.54, 1.807) is 22.9 Å². The maximum atomic E-state index is 12.5. The Morgan fingerprint density at radius 3 is 2.31 bits per heavy atom. The summed E-state index contributed by atoms with van der Waals surface area (Å²) in [7, 11) is 1.77. The normalized spacial score (nSPS) is 20.5. The smallest absolute Gasteiger partial charge is 0.410 e. The zero-order chi connectivity index (χ0) is 23.0. The van der Waals surface area contributed by atoms with E-state index in [-0.39, 0.29) is 12.0 Å². The van der Waals surface area contributed by atoms with Gasteiger partial charge in [0.2, 0.25) is 0 Å². The molecule has 4 rings (SSSR count). The summed E-state index contributed by atoms with van der Waals surface area (Å²) >= 11 is 0. The molecule has 32 heavy (non-hydrogen) atoms. The Morgan fingerprint density at radius 2 is 1.72 bits per heavy atom. The fraction of sp³-hybridized carbons (Fsp3) is 0.652. The van der Waals surface area contributed by atoms with E-state index in [0.717, 1.165) is 50.3 Å². The maximum Gasteiger partial charge on any atom is 0.410 e. The molecule has 3 heterocycles. The van der Waals surface area contributed by atoms with Crippen LogP contribution < -0.4 is 10.1 Å². The lowest BCUT2D eigenvalue weighted by Crippen LogP contribution is -2.57. The quantitative estimate of drug-likeness (QED) is 0.756. The number of nitrogens with one attached hydrogen (secondary N) is 1. The van der Waals surface area contributed by atoms with Crippen molar-refractivity contribution in [2.24, 2.45) is 0 Å². The van der Waals surface area contributed by atoms with Crippen LogP contribution in [0.2, 0.25) is 0 Å². The molecule has 9 heteroatoms. The second-order valence-electron chi connectivity index (χ2n) is 9.97. The number of anilines is 1. The van der Waals surface area contributed by atoms with Gasteiger partial charge >= 0.3 is 6.09 Å². The highest BCUT2D eigenvalue weighted by atomic mass is 16.6. The number of nitrogens with zero attached hydrogens (tertiary/aromatic N) is 4. The Kier molecular flexibility index (Phi) is 6.11. The minimum absolute atomic E-state index is 0.0991. The number of piperidine rings is 1. The molecule has 0 atom stereocenters. The lowest BCUT2D eigenvalue weighted by Gasteiger charge is -2.43. The standard InChI is InChI=1S/C23H33N5O4/c1-23(2,3)32-22(30)28-13-11-26(12-14-28)16-7-9-27(10-8-16)19-6-5-18(24-31)20-17(19)15-25(4)21(20)29/h5-6,16H,7-15H2,1-4H3/p+1. The molecule has 0 unspecified atom stereocenters. The van der Waals surface area contributed by atoms with Crippen molar-refractivity contribution in [1.29, 1.82) is 0 Å². The molecule has 0 radical (unpaired) electrons. The highest BCUT2D eigenvalue weighted by molar-refractivity contribution is 6.03. The number of amides is 2. The SMILES string of the molecule is CN1Cc2c(N3CCC(N4CCN(C(=O)OC(C)(C)C)CC4)CC3)ccc([NH+]=O)c2C1=O. The number of benzene rings is 1. The van der Waals surface area contributed by atoms with Crippen LogP contribution in [0.1, 0.15) is 49.5 Å². The average molecular weight is 445 g/mol. The third-order valence-corrected chi connectivity index (χ3v) is 6.64. The summed E-state index contributed by atoms with van der Waals surface area (Å²) in [6.45, 7) is 11.1. The van der Waals surface area contributed by atoms with Crippen molar-refractivity contribution >= 4 is 23.4 Å². The molecule has 174 valence electrons. The topological polar surface area (TPSA) is 87.4 Å². The number of hydrogen-bond acceptors (Lipinski definition) is 6. The number of rotatable bonds is 3. The first-order valence-electron chi connectivity index (χ1n) is 11.4. The summed E-state index contributed by atoms with van der Waals surface area (Å²) in [6, 6.07) is 4.18. The van der Waals surface area contributed by atoms with Crippen LogP contribution in [0, 0.1) is 4.91 Å². The highest BCUT2D eigenvalue weighted by Crippen LogP contribution is 2.36. The molecule has 0 aromatic heterocycles. The minimum atomic E-state index is -0.470. The summed E-state index contributed by atoms with van der Waals surface area (Å²) in [5, 5.41) is 1.92. The van der Waals surface area contributed by atoms with Gasteiger partial charge in [-0.3, -0.25) is 9.69 Å². The Labute approximate surface area is 189 Å². The number of nitroso groups, excluding NO2 is 1. The zero-order valence-electron chi connectivity index (χ0n) is 19.5. The number of fused-ring (bicyclic) bond motifs is 1. The molecular formula is C23H34N5O4+. The van der Waals surface area contributed by atoms with E-state index in [4.69, 9.17) is 4.74 Å². The predicted octanol–water partition coefficient (Wildman–Crippen LogP) is 1.27. The Bertz CT molecular complexity index is 896. The molecule has 2 saturated heterocycles. The summed E-state index contributed by atoms with van der Waals surface area (Å²) in [5.41, 5.74) is 2.41. The van der Waals surface area contributed by atoms with E-state index in [2.05, 4.69) is 9.80 Å². The van der Waals surface area contributed by atoms with Gasteiger partial charge in [-0.2, -0.15) is 0 Å². The molecule has 3 aliphatic heterocycles. The monoisotopic (exact) mass is 444 g/mol. The van der Waals surface area contributed by atoms with Crippen molar-refractivity contribution in [3.8, 4) is 0 Å². The van der Waals surface area contributed by atoms with Gasteiger partial charge in [-0.25, -0.2) is 4.79 Å². The van der Waals surface area contributed by atoms with Crippen LogP contribution in [0.15, 0.2) is 12.1 Å². The predicted molar refractivity (Wildman–Crippen MR) is 121 cm³/mol. The van der Waals surface area contributed by atoms with Gasteiger partial charge in [0.05, 0.1) is 0 Å². The highest BCUT2D eigenvalue weighted by Gasteiger charge is 2.36. The van der Waals surface area contributed by atoms with Crippen molar-refractivity contribution in [2.45, 2.75) is 51.8 Å². The van der Waals surface area contributed by atoms with Gasteiger partial charge in [0.25, 0.3) is 11.6 Å². The van der Waals surface area contributed by atoms with Crippen LogP contribution in [0.3, 0.4) is 0 Å². The van der Waals surface area contributed by atoms with Gasteiger partial charge in [0.1, 0.15) is 11.2 Å². The fourth-order valence-corrected chi connectivity index (χ4v) is 4.99. The van der Waals surface area contributed by atoms with Gasteiger partial charge in [-0.1, -0.05) is 0 Å². The number of carbonyl (C=O) groups excluding carboxylic acids is 2. The average Bonchev–Trinajstić information content (AvgIpc) is 3.07. The Morgan fingerprint density at radius 1 is 1.06 bits per heavy atom. The molecule has 2 fully saturated rings. The van der Waals surface area contributed by atoms with Crippen LogP contribution in [0.5, 0.6) is 0 Å². The van der Waals surface area contributed by atoms with Crippen molar-refractivity contribution in [1.82, 2.24) is 14.7 Å². The van der Waals surface area contributed by atoms with Crippen LogP contribution >= 0.6 is 0 Å². The number of carbonyl (C=O) groups is 2. The second-order valence-corrected chi connectivity index (χ2v) is 9.97. The molecule has 0 bridgehead atoms. The van der Waals surface area contributed by atoms with Crippen LogP contribution in [-0.2, 0) is 11.3 Å². The molecule has 1 aromatic rings. The Balaban J connectivity index is 1.35. The molecule has 9 nitrogen and oxygen atoms in total. The van der Waals surface area contributed by atoms with Crippen LogP contribution in [-0.4, -0.2) is 84.7 Å². The number of piperazine rings is 1. The van der Waals surface area contributed by atoms with Gasteiger partial charge < -0.3 is 19.4 Å². The molecule has 2 amide bonds. The molecule has 0 saturated carbocycles. The lowest BCUT2D eigenvalue weighted by molar-refractivity contribution is -0.379. The van der Waals surface area contributed by atoms with E-state index in [9.17, 15) is 14.5 Å². The molecule has 3 aliphatic rings. The van der Waals surface area contributed by atoms with E-state index >= 15 is 0 Å². The molecule has 1 N–H and O–H groups in total. The first-order valence-corrected chi connectivity index (χ1v) is 11.4. The second kappa shape index (κ2) is 8.69. The molecule has 1 aromatic carbocycles. The van der Waals surface area contributed by atoms with E-state index in [1.807, 2.05) is 32.0 Å². The van der Waals surface area contributed by atoms with Crippen molar-refractivity contribution in [3.05, 3.63) is 28.2 Å². The van der Waals surface area contributed by atoms with E-state index in [0.29, 0.717) is 36.9 Å². The Hall–Kier alpha value is -2.68. The van der Waals surface area contributed by atoms with Crippen molar-refractivity contribution in [2.75, 3.05) is 51.2 Å². The number of ether oxygens (including phenoxy) is 1. The van der Waals surface area contributed by atoms with Gasteiger partial charge in [0.15, 0.2) is 0 Å². The van der Waals surface area contributed by atoms with Crippen LogP contribution in [0.4, 0.5) is 16.2 Å². The zero-order valence-corrected chi connectivity index (χ0v) is 19.5. The summed E-state index contributed by atoms with van der Waals surface area (Å²) in [4.78, 5) is 44.4. The summed E-state index contributed by atoms with van der Waals surface area (Å²) in [6.07, 6.45) is 1.84. The number of hydrogen-bond donors (Lipinski definition) is 1. The lowest BCUT2D eigenvalue weighted by atomic mass is 9.99. The van der Waals surface area contributed by atoms with Crippen molar-refractivity contribution in [3.63, 3.8) is 0 Å². The molecular weight excluding hydrogens is 410 g/mol. The third kappa shape index (κ3) is 4.44. The van der Waals surface area contributed by atoms with E-state index in [1.165, 1.54) is 0 Å². The minimum Gasteiger partial charge on any atom is -0.444 e. The first-order chi connectivity index (χ1) is 15.2. The van der Waals surface area contributed by atoms with E-state index < -0.39 is 5.60 Å². The summed E-state index contributed by atoms with van der Waals surface area (Å²) < 4.78 is 5.50. The van der Waals surface area contributed by atoms with Gasteiger partial charge in [-0.05, 0) is 39.7 Å². The maximum absolute atomic E-state index is 12.5. The fourth-order valence-electron chi connectivity index (χ4n) is 4.99.